The van der Waals surface area contributed by atoms with Crippen LogP contribution in [0.15, 0.2) is 17.0 Å². The van der Waals surface area contributed by atoms with Crippen molar-refractivity contribution in [3.05, 3.63) is 23.5 Å². The van der Waals surface area contributed by atoms with Crippen LogP contribution in [0, 0.1) is 0 Å². The van der Waals surface area contributed by atoms with Crippen molar-refractivity contribution < 1.29 is 17.9 Å². The van der Waals surface area contributed by atoms with Crippen molar-refractivity contribution in [1.29, 1.82) is 0 Å². The van der Waals surface area contributed by atoms with Gasteiger partial charge in [0, 0.05) is 80.8 Å². The summed E-state index contributed by atoms with van der Waals surface area (Å²) in [6.07, 6.45) is 13.8. The quantitative estimate of drug-likeness (QED) is 0.123. The van der Waals surface area contributed by atoms with Gasteiger partial charge in [0.1, 0.15) is 0 Å². The first-order chi connectivity index (χ1) is 20.2. The van der Waals surface area contributed by atoms with Gasteiger partial charge in [-0.25, -0.2) is 0 Å². The van der Waals surface area contributed by atoms with Crippen LogP contribution in [0.1, 0.15) is 88.9 Å². The second-order valence-electron chi connectivity index (χ2n) is 11.4. The minimum absolute atomic E-state index is 0.00694. The van der Waals surface area contributed by atoms with Crippen LogP contribution in [0.5, 0.6) is 0 Å². The number of aromatic nitrogens is 1. The fourth-order valence-electron chi connectivity index (χ4n) is 6.18. The average Bonchev–Trinajstić information content (AvgIpc) is 2.99. The first-order valence-electron chi connectivity index (χ1n) is 15.9. The van der Waals surface area contributed by atoms with Crippen LogP contribution in [0.2, 0.25) is 0 Å². The molecule has 0 unspecified atom stereocenters. The Morgan fingerprint density at radius 3 is 1.90 bits per heavy atom. The van der Waals surface area contributed by atoms with Gasteiger partial charge in [-0.05, 0) is 63.6 Å². The molecular formula is C30H54Cl2MnN6OS. The van der Waals surface area contributed by atoms with Crippen LogP contribution in [-0.2, 0) is 31.0 Å². The zero-order chi connectivity index (χ0) is 29.0. The molecular weight excluding hydrogens is 618 g/mol. The molecule has 1 aromatic rings. The first kappa shape index (κ1) is 35.8. The van der Waals surface area contributed by atoms with E-state index >= 15 is 0 Å². The number of hydrogen-bond acceptors (Lipinski definition) is 8. The van der Waals surface area contributed by atoms with Crippen LogP contribution >= 0.6 is 32.0 Å². The summed E-state index contributed by atoms with van der Waals surface area (Å²) in [4.78, 5) is 6.46. The van der Waals surface area contributed by atoms with Crippen LogP contribution < -0.4 is 26.6 Å². The van der Waals surface area contributed by atoms with E-state index in [2.05, 4.69) is 45.6 Å². The summed E-state index contributed by atoms with van der Waals surface area (Å²) in [5, 5.41) is 19.2. The molecule has 0 saturated heterocycles. The molecule has 3 aliphatic rings. The number of pyridine rings is 1. The van der Waals surface area contributed by atoms with E-state index in [9.17, 15) is 0 Å². The molecule has 0 spiro atoms. The fourth-order valence-corrected chi connectivity index (χ4v) is 7.10. The van der Waals surface area contributed by atoms with Crippen molar-refractivity contribution in [3.8, 4) is 0 Å². The Balaban J connectivity index is 0.00000147. The second-order valence-corrected chi connectivity index (χ2v) is 14.5. The van der Waals surface area contributed by atoms with Gasteiger partial charge < -0.3 is 31.3 Å². The zero-order valence-electron chi connectivity index (χ0n) is 25.0. The van der Waals surface area contributed by atoms with E-state index < -0.39 is 0 Å². The van der Waals surface area contributed by atoms with Crippen molar-refractivity contribution in [1.82, 2.24) is 31.6 Å². The Kier molecular flexibility index (Phi) is 19.9. The number of rotatable bonds is 11. The SMILES string of the molecule is CCCOCCCCNCCSc1cc2nc(c1)CN[C@@H]1CCCC[C@H]1NCCN[C@@H]1CCCC[C@H]1NC2.[Cl][Mn][Cl]. The molecule has 5 N–H and O–H groups in total. The molecule has 1 aromatic heterocycles. The molecule has 0 aromatic carbocycles. The Morgan fingerprint density at radius 1 is 0.829 bits per heavy atom. The van der Waals surface area contributed by atoms with Gasteiger partial charge in [-0.2, -0.15) is 0 Å². The van der Waals surface area contributed by atoms with E-state index in [-0.39, 0.29) is 13.1 Å². The van der Waals surface area contributed by atoms with Gasteiger partial charge in [0.05, 0.1) is 11.4 Å². The van der Waals surface area contributed by atoms with Crippen molar-refractivity contribution in [2.45, 2.75) is 120 Å². The molecule has 0 amide bonds. The molecule has 4 rings (SSSR count). The van der Waals surface area contributed by atoms with Gasteiger partial charge in [0.2, 0.25) is 0 Å². The number of nitrogens with one attached hydrogen (secondary N) is 5. The van der Waals surface area contributed by atoms with Gasteiger partial charge in [0.15, 0.2) is 0 Å². The predicted molar refractivity (Wildman–Crippen MR) is 172 cm³/mol. The van der Waals surface area contributed by atoms with Gasteiger partial charge in [0.25, 0.3) is 0 Å². The Bertz CT molecular complexity index is 768. The van der Waals surface area contributed by atoms with E-state index in [0.717, 1.165) is 71.1 Å². The van der Waals surface area contributed by atoms with Gasteiger partial charge in [-0.15, -0.1) is 11.8 Å². The number of nitrogens with zero attached hydrogens (tertiary/aromatic N) is 1. The van der Waals surface area contributed by atoms with Crippen LogP contribution in [0.4, 0.5) is 0 Å². The molecule has 11 heteroatoms. The maximum atomic E-state index is 5.58. The maximum absolute atomic E-state index is 5.58. The number of halogens is 2. The van der Waals surface area contributed by atoms with E-state index in [1.807, 2.05) is 11.8 Å². The predicted octanol–water partition coefficient (Wildman–Crippen LogP) is 5.34. The number of thioether (sulfide) groups is 1. The van der Waals surface area contributed by atoms with Crippen molar-refractivity contribution in [3.63, 3.8) is 0 Å². The first-order valence-corrected chi connectivity index (χ1v) is 20.2. The van der Waals surface area contributed by atoms with E-state index in [1.54, 1.807) is 0 Å². The molecule has 2 bridgehead atoms. The second kappa shape index (κ2) is 22.8. The normalized spacial score (nSPS) is 25.5. The van der Waals surface area contributed by atoms with Crippen molar-refractivity contribution in [2.24, 2.45) is 0 Å². The summed E-state index contributed by atoms with van der Waals surface area (Å²) >= 11 is 1.97. The monoisotopic (exact) mass is 671 g/mol. The molecule has 2 saturated carbocycles. The molecule has 1 aliphatic heterocycles. The standard InChI is InChI=1S/C30H54N6OS.2ClH.Mn/c1-2-17-37-18-8-7-13-31-16-19-38-26-20-24-22-34-29-11-5-3-9-27(29)32-14-15-33-28-10-4-6-12-30(28)35-23-25(21-26)36-24;;;/h20-21,27-35H,2-19,22-23H2,1H3;2*1H;/q;;;+2/p-2/t27-,28-,29-,30-;;;/m1.../s1. The zero-order valence-corrected chi connectivity index (χ0v) is 28.5. The van der Waals surface area contributed by atoms with Crippen molar-refractivity contribution >= 4 is 32.0 Å². The molecule has 2 heterocycles. The number of unbranched alkanes of at least 4 members (excludes halogenated alkanes) is 1. The number of fused-ring (bicyclic) bond motifs is 4. The van der Waals surface area contributed by atoms with Gasteiger partial charge in [-0.1, -0.05) is 32.6 Å². The summed E-state index contributed by atoms with van der Waals surface area (Å²) in [5.74, 6) is 1.08. The average molecular weight is 673 g/mol. The van der Waals surface area contributed by atoms with Crippen LogP contribution in [-0.4, -0.2) is 74.3 Å². The van der Waals surface area contributed by atoms with E-state index in [1.165, 1.54) is 74.1 Å². The topological polar surface area (TPSA) is 82.3 Å². The number of ether oxygens (including phenoxy) is 1. The summed E-state index contributed by atoms with van der Waals surface area (Å²) in [5.41, 5.74) is 2.37. The third kappa shape index (κ3) is 14.8. The molecule has 7 nitrogen and oxygen atoms in total. The molecule has 4 atom stereocenters. The van der Waals surface area contributed by atoms with Crippen LogP contribution in [0.3, 0.4) is 0 Å². The molecule has 0 radical (unpaired) electrons. The Hall–Kier alpha value is 0.359. The van der Waals surface area contributed by atoms with Crippen molar-refractivity contribution in [2.75, 3.05) is 45.1 Å². The van der Waals surface area contributed by atoms with E-state index in [0.29, 0.717) is 24.2 Å². The molecule has 237 valence electrons. The summed E-state index contributed by atoms with van der Waals surface area (Å²) in [6, 6.07) is 6.84. The Labute approximate surface area is 268 Å². The third-order valence-corrected chi connectivity index (χ3v) is 9.23. The number of hydrogen-bond donors (Lipinski definition) is 5. The van der Waals surface area contributed by atoms with Gasteiger partial charge in [-0.3, -0.25) is 4.98 Å². The molecule has 41 heavy (non-hydrogen) atoms. The molecule has 2 aliphatic carbocycles. The van der Waals surface area contributed by atoms with E-state index in [4.69, 9.17) is 29.9 Å². The molecule has 2 fully saturated rings. The summed E-state index contributed by atoms with van der Waals surface area (Å²) in [7, 11) is 9.59. The summed E-state index contributed by atoms with van der Waals surface area (Å²) in [6.45, 7) is 9.87. The Morgan fingerprint density at radius 2 is 1.37 bits per heavy atom. The minimum atomic E-state index is 0.00694. The fraction of sp³-hybridized carbons (Fsp3) is 0.833. The van der Waals surface area contributed by atoms with Gasteiger partial charge >= 0.3 is 33.3 Å². The van der Waals surface area contributed by atoms with Crippen LogP contribution in [0.25, 0.3) is 0 Å². The summed E-state index contributed by atoms with van der Waals surface area (Å²) < 4.78 is 5.58. The third-order valence-electron chi connectivity index (χ3n) is 8.25.